The van der Waals surface area contributed by atoms with Gasteiger partial charge in [0.25, 0.3) is 5.91 Å². The van der Waals surface area contributed by atoms with Gasteiger partial charge in [0.15, 0.2) is 0 Å². The van der Waals surface area contributed by atoms with Crippen molar-refractivity contribution in [3.05, 3.63) is 30.1 Å². The molecule has 0 spiro atoms. The molecule has 2 N–H and O–H groups in total. The fourth-order valence-electron chi connectivity index (χ4n) is 7.89. The molecule has 0 aromatic carbocycles. The van der Waals surface area contributed by atoms with E-state index < -0.39 is 0 Å². The number of nitrogens with zero attached hydrogens (tertiary/aromatic N) is 2. The van der Waals surface area contributed by atoms with Crippen molar-refractivity contribution in [2.45, 2.75) is 77.7 Å². The number of nitrogens with one attached hydrogen (secondary N) is 1. The summed E-state index contributed by atoms with van der Waals surface area (Å²) in [5.74, 6) is 2.77. The Bertz CT molecular complexity index is 840. The fourth-order valence-corrected chi connectivity index (χ4v) is 7.89. The van der Waals surface area contributed by atoms with E-state index in [9.17, 15) is 9.90 Å². The smallest absolute Gasteiger partial charge is 0.271 e. The Labute approximate surface area is 179 Å². The van der Waals surface area contributed by atoms with Crippen molar-refractivity contribution in [2.75, 3.05) is 0 Å². The Morgan fingerprint density at radius 3 is 2.70 bits per heavy atom. The molecule has 4 aliphatic rings. The van der Waals surface area contributed by atoms with Crippen molar-refractivity contribution in [2.24, 2.45) is 39.6 Å². The molecule has 0 radical (unpaired) electrons. The number of aliphatic hydroxyl groups is 1. The summed E-state index contributed by atoms with van der Waals surface area (Å²) in [6, 6.07) is 3.44. The van der Waals surface area contributed by atoms with Gasteiger partial charge in [-0.2, -0.15) is 5.10 Å². The average molecular weight is 410 g/mol. The average Bonchev–Trinajstić information content (AvgIpc) is 3.09. The number of hydrogen-bond acceptors (Lipinski definition) is 4. The number of pyridine rings is 1. The predicted molar refractivity (Wildman–Crippen MR) is 117 cm³/mol. The van der Waals surface area contributed by atoms with Gasteiger partial charge in [0.1, 0.15) is 0 Å². The molecule has 0 bridgehead atoms. The molecule has 1 amide bonds. The summed E-state index contributed by atoms with van der Waals surface area (Å²) in [6.07, 6.45) is 13.6. The Morgan fingerprint density at radius 1 is 1.10 bits per heavy atom. The molecule has 162 valence electrons. The molecule has 4 saturated carbocycles. The molecule has 0 saturated heterocycles. The van der Waals surface area contributed by atoms with Gasteiger partial charge in [0.2, 0.25) is 0 Å². The fraction of sp³-hybridized carbons (Fsp3) is 0.720. The molecule has 1 heterocycles. The van der Waals surface area contributed by atoms with E-state index in [1.807, 2.05) is 0 Å². The molecular formula is C25H35N3O2. The second kappa shape index (κ2) is 7.44. The molecule has 4 aliphatic carbocycles. The maximum atomic E-state index is 12.5. The first-order valence-electron chi connectivity index (χ1n) is 11.9. The number of aromatic nitrogens is 1. The van der Waals surface area contributed by atoms with Crippen LogP contribution in [-0.4, -0.2) is 27.8 Å². The van der Waals surface area contributed by atoms with Crippen LogP contribution in [0.1, 0.15) is 82.0 Å². The number of aliphatic hydroxyl groups excluding tert-OH is 1. The van der Waals surface area contributed by atoms with Crippen LogP contribution in [-0.2, 0) is 0 Å². The number of rotatable bonds is 2. The summed E-state index contributed by atoms with van der Waals surface area (Å²) in [5.41, 5.74) is 5.13. The molecule has 0 aliphatic heterocycles. The highest BCUT2D eigenvalue weighted by molar-refractivity contribution is 5.97. The molecule has 4 fully saturated rings. The third kappa shape index (κ3) is 3.12. The largest absolute Gasteiger partial charge is 0.393 e. The lowest BCUT2D eigenvalue weighted by Gasteiger charge is -2.60. The van der Waals surface area contributed by atoms with Gasteiger partial charge in [0, 0.05) is 29.1 Å². The summed E-state index contributed by atoms with van der Waals surface area (Å²) in [5, 5.41) is 14.9. The summed E-state index contributed by atoms with van der Waals surface area (Å²) in [7, 11) is 0. The first-order valence-corrected chi connectivity index (χ1v) is 11.9. The number of carbonyl (C=O) groups excluding carboxylic acids is 1. The Balaban J connectivity index is 1.33. The van der Waals surface area contributed by atoms with E-state index >= 15 is 0 Å². The summed E-state index contributed by atoms with van der Waals surface area (Å²) < 4.78 is 0. The van der Waals surface area contributed by atoms with Gasteiger partial charge in [-0.25, -0.2) is 5.43 Å². The van der Waals surface area contributed by atoms with Gasteiger partial charge < -0.3 is 5.11 Å². The van der Waals surface area contributed by atoms with E-state index in [0.29, 0.717) is 22.8 Å². The number of amides is 1. The Morgan fingerprint density at radius 2 is 1.90 bits per heavy atom. The van der Waals surface area contributed by atoms with Gasteiger partial charge in [-0.15, -0.1) is 0 Å². The van der Waals surface area contributed by atoms with E-state index in [2.05, 4.69) is 29.4 Å². The van der Waals surface area contributed by atoms with E-state index in [1.165, 1.54) is 44.2 Å². The highest BCUT2D eigenvalue weighted by Crippen LogP contribution is 2.65. The van der Waals surface area contributed by atoms with Crippen molar-refractivity contribution in [3.63, 3.8) is 0 Å². The normalized spacial score (nSPS) is 44.1. The van der Waals surface area contributed by atoms with E-state index in [-0.39, 0.29) is 17.4 Å². The molecule has 5 heteroatoms. The van der Waals surface area contributed by atoms with Crippen molar-refractivity contribution in [3.8, 4) is 0 Å². The van der Waals surface area contributed by atoms with Crippen LogP contribution in [0, 0.1) is 34.5 Å². The Kier molecular flexibility index (Phi) is 5.00. The van der Waals surface area contributed by atoms with Crippen LogP contribution in [0.2, 0.25) is 0 Å². The van der Waals surface area contributed by atoms with Crippen LogP contribution >= 0.6 is 0 Å². The third-order valence-corrected chi connectivity index (χ3v) is 9.61. The molecule has 5 nitrogen and oxygen atoms in total. The first kappa shape index (κ1) is 20.2. The van der Waals surface area contributed by atoms with Gasteiger partial charge in [-0.3, -0.25) is 9.78 Å². The van der Waals surface area contributed by atoms with Crippen LogP contribution in [0.5, 0.6) is 0 Å². The topological polar surface area (TPSA) is 74.6 Å². The van der Waals surface area contributed by atoms with Crippen LogP contribution in [0.4, 0.5) is 0 Å². The van der Waals surface area contributed by atoms with Gasteiger partial charge in [0.05, 0.1) is 6.10 Å². The van der Waals surface area contributed by atoms with Gasteiger partial charge >= 0.3 is 0 Å². The zero-order chi connectivity index (χ0) is 20.9. The minimum atomic E-state index is -0.153. The highest BCUT2D eigenvalue weighted by atomic mass is 16.3. The Hall–Kier alpha value is -1.75. The van der Waals surface area contributed by atoms with Crippen LogP contribution < -0.4 is 5.43 Å². The zero-order valence-electron chi connectivity index (χ0n) is 18.3. The molecular weight excluding hydrogens is 374 g/mol. The molecule has 1 aromatic rings. The molecule has 0 unspecified atom stereocenters. The van der Waals surface area contributed by atoms with E-state index in [0.717, 1.165) is 31.1 Å². The number of hydrogen-bond donors (Lipinski definition) is 2. The molecule has 7 atom stereocenters. The number of carbonyl (C=O) groups is 1. The number of fused-ring (bicyclic) bond motifs is 5. The SMILES string of the molecule is C[C@]12CC[C@H](O)C[C@@H]1CC[C@@H]1[C@@H]2CC[C@]2(C)/C(=N/NC(=O)c3ccncc3)CC[C@@H]12. The van der Waals surface area contributed by atoms with E-state index in [4.69, 9.17) is 0 Å². The lowest BCUT2D eigenvalue weighted by molar-refractivity contribution is -0.113. The molecule has 30 heavy (non-hydrogen) atoms. The van der Waals surface area contributed by atoms with Gasteiger partial charge in [-0.1, -0.05) is 13.8 Å². The lowest BCUT2D eigenvalue weighted by atomic mass is 9.45. The maximum Gasteiger partial charge on any atom is 0.271 e. The van der Waals surface area contributed by atoms with Crippen LogP contribution in [0.3, 0.4) is 0 Å². The molecule has 5 rings (SSSR count). The maximum absolute atomic E-state index is 12.5. The minimum absolute atomic E-state index is 0.0808. The second-order valence-electron chi connectivity index (χ2n) is 10.8. The first-order chi connectivity index (χ1) is 14.4. The number of hydrazone groups is 1. The second-order valence-corrected chi connectivity index (χ2v) is 10.8. The summed E-state index contributed by atoms with van der Waals surface area (Å²) in [4.78, 5) is 16.4. The van der Waals surface area contributed by atoms with Crippen LogP contribution in [0.15, 0.2) is 29.6 Å². The summed E-state index contributed by atoms with van der Waals surface area (Å²) in [6.45, 7) is 4.93. The quantitative estimate of drug-likeness (QED) is 0.703. The standard InChI is InChI=1S/C25H35N3O2/c1-24-11-7-18(29)15-17(24)3-4-19-20-5-6-22(25(20,2)12-8-21(19)24)27-28-23(30)16-9-13-26-14-10-16/h9-10,13-14,17-21,29H,3-8,11-12,15H2,1-2H3,(H,28,30)/b27-22+/t17-,18-,19-,20-,21-,24-,25-/m0/s1. The predicted octanol–water partition coefficient (Wildman–Crippen LogP) is 4.57. The van der Waals surface area contributed by atoms with Crippen molar-refractivity contribution in [1.82, 2.24) is 10.4 Å². The summed E-state index contributed by atoms with van der Waals surface area (Å²) >= 11 is 0. The minimum Gasteiger partial charge on any atom is -0.393 e. The van der Waals surface area contributed by atoms with Gasteiger partial charge in [-0.05, 0) is 99.0 Å². The van der Waals surface area contributed by atoms with E-state index in [1.54, 1.807) is 24.5 Å². The highest BCUT2D eigenvalue weighted by Gasteiger charge is 2.59. The monoisotopic (exact) mass is 409 g/mol. The zero-order valence-corrected chi connectivity index (χ0v) is 18.3. The molecule has 1 aromatic heterocycles. The lowest BCUT2D eigenvalue weighted by Crippen LogP contribution is -2.54. The van der Waals surface area contributed by atoms with Crippen molar-refractivity contribution >= 4 is 11.6 Å². The van der Waals surface area contributed by atoms with Crippen LogP contribution in [0.25, 0.3) is 0 Å². The third-order valence-electron chi connectivity index (χ3n) is 9.61. The van der Waals surface area contributed by atoms with Crippen molar-refractivity contribution in [1.29, 1.82) is 0 Å². The van der Waals surface area contributed by atoms with Crippen molar-refractivity contribution < 1.29 is 9.90 Å².